The quantitative estimate of drug-likeness (QED) is 0.829. The van der Waals surface area contributed by atoms with E-state index in [9.17, 15) is 0 Å². The lowest BCUT2D eigenvalue weighted by atomic mass is 10.3. The zero-order valence-electron chi connectivity index (χ0n) is 9.55. The highest BCUT2D eigenvalue weighted by Gasteiger charge is 1.96. The van der Waals surface area contributed by atoms with Gasteiger partial charge >= 0.3 is 0 Å². The molecule has 0 aliphatic carbocycles. The topological polar surface area (TPSA) is 39.2 Å². The Hall–Kier alpha value is -1.75. The first-order chi connectivity index (χ1) is 8.29. The van der Waals surface area contributed by atoms with Crippen LogP contribution in [0.3, 0.4) is 0 Å². The van der Waals surface area contributed by atoms with Gasteiger partial charge < -0.3 is 19.0 Å². The van der Waals surface area contributed by atoms with Crippen molar-refractivity contribution in [2.45, 2.75) is 6.54 Å². The molecule has 4 nitrogen and oxygen atoms in total. The highest BCUT2D eigenvalue weighted by molar-refractivity contribution is 7.71. The molecule has 5 heteroatoms. The van der Waals surface area contributed by atoms with E-state index in [1.165, 1.54) is 0 Å². The van der Waals surface area contributed by atoms with E-state index < -0.39 is 0 Å². The van der Waals surface area contributed by atoms with E-state index in [1.807, 2.05) is 41.2 Å². The summed E-state index contributed by atoms with van der Waals surface area (Å²) in [5.74, 6) is 1.65. The number of hydrogen-bond acceptors (Lipinski definition) is 3. The van der Waals surface area contributed by atoms with Crippen LogP contribution in [0.4, 0.5) is 0 Å². The van der Waals surface area contributed by atoms with Crippen molar-refractivity contribution in [1.29, 1.82) is 0 Å². The van der Waals surface area contributed by atoms with Crippen LogP contribution in [-0.2, 0) is 6.54 Å². The molecule has 0 aliphatic heterocycles. The summed E-state index contributed by atoms with van der Waals surface area (Å²) >= 11 is 5.08. The molecule has 0 amide bonds. The second kappa shape index (κ2) is 5.54. The van der Waals surface area contributed by atoms with Gasteiger partial charge in [0.25, 0.3) is 0 Å². The third-order valence-corrected chi connectivity index (χ3v) is 2.73. The summed E-state index contributed by atoms with van der Waals surface area (Å²) in [5.41, 5.74) is 0. The molecule has 2 rings (SSSR count). The van der Waals surface area contributed by atoms with Crippen LogP contribution in [0.15, 0.2) is 36.7 Å². The lowest BCUT2D eigenvalue weighted by Crippen LogP contribution is -2.07. The number of nitrogens with zero attached hydrogens (tertiary/aromatic N) is 1. The summed E-state index contributed by atoms with van der Waals surface area (Å²) < 4.78 is 13.3. The van der Waals surface area contributed by atoms with Crippen LogP contribution in [-0.4, -0.2) is 23.3 Å². The fraction of sp³-hybridized carbons (Fsp3) is 0.250. The zero-order valence-corrected chi connectivity index (χ0v) is 10.4. The largest absolute Gasteiger partial charge is 0.497 e. The normalized spacial score (nSPS) is 10.2. The van der Waals surface area contributed by atoms with Gasteiger partial charge in [-0.3, -0.25) is 0 Å². The number of aromatic nitrogens is 2. The smallest absolute Gasteiger partial charge is 0.177 e. The van der Waals surface area contributed by atoms with Gasteiger partial charge in [0.05, 0.1) is 13.7 Å². The van der Waals surface area contributed by atoms with Crippen LogP contribution in [0.2, 0.25) is 0 Å². The maximum absolute atomic E-state index is 5.60. The summed E-state index contributed by atoms with van der Waals surface area (Å²) in [5, 5.41) is 0. The van der Waals surface area contributed by atoms with Crippen molar-refractivity contribution in [3.05, 3.63) is 41.4 Å². The highest BCUT2D eigenvalue weighted by Crippen LogP contribution is 2.16. The minimum Gasteiger partial charge on any atom is -0.497 e. The average Bonchev–Trinajstić information content (AvgIpc) is 2.76. The van der Waals surface area contributed by atoms with Crippen molar-refractivity contribution in [3.8, 4) is 11.5 Å². The minimum absolute atomic E-state index is 0.582. The molecule has 1 aromatic heterocycles. The van der Waals surface area contributed by atoms with Crippen molar-refractivity contribution in [3.63, 3.8) is 0 Å². The van der Waals surface area contributed by atoms with E-state index >= 15 is 0 Å². The molecule has 0 spiro atoms. The maximum atomic E-state index is 5.60. The van der Waals surface area contributed by atoms with E-state index in [0.29, 0.717) is 11.4 Å². The average molecular weight is 250 g/mol. The predicted octanol–water partition coefficient (Wildman–Crippen LogP) is 2.63. The SMILES string of the molecule is COc1ccc(OCCn2cc[nH]c2=S)cc1. The van der Waals surface area contributed by atoms with Crippen LogP contribution in [0.25, 0.3) is 0 Å². The molecule has 0 saturated carbocycles. The Bertz CT molecular complexity index is 516. The molecule has 0 aliphatic rings. The van der Waals surface area contributed by atoms with E-state index in [4.69, 9.17) is 21.7 Å². The number of imidazole rings is 1. The van der Waals surface area contributed by atoms with Crippen LogP contribution in [0, 0.1) is 4.77 Å². The second-order valence-electron chi connectivity index (χ2n) is 3.48. The number of methoxy groups -OCH3 is 1. The highest BCUT2D eigenvalue weighted by atomic mass is 32.1. The maximum Gasteiger partial charge on any atom is 0.177 e. The van der Waals surface area contributed by atoms with Crippen LogP contribution in [0.1, 0.15) is 0 Å². The third kappa shape index (κ3) is 3.10. The van der Waals surface area contributed by atoms with Crippen molar-refractivity contribution < 1.29 is 9.47 Å². The molecule has 0 saturated heterocycles. The monoisotopic (exact) mass is 250 g/mol. The summed E-state index contributed by atoms with van der Waals surface area (Å²) in [6.45, 7) is 1.31. The van der Waals surface area contributed by atoms with E-state index in [1.54, 1.807) is 7.11 Å². The van der Waals surface area contributed by atoms with E-state index in [-0.39, 0.29) is 0 Å². The van der Waals surface area contributed by atoms with Crippen molar-refractivity contribution >= 4 is 12.2 Å². The van der Waals surface area contributed by atoms with Crippen LogP contribution < -0.4 is 9.47 Å². The van der Waals surface area contributed by atoms with Gasteiger partial charge in [-0.05, 0) is 36.5 Å². The van der Waals surface area contributed by atoms with Gasteiger partial charge in [0.2, 0.25) is 0 Å². The molecule has 1 aromatic carbocycles. The number of aromatic amines is 1. The Morgan fingerprint density at radius 1 is 1.24 bits per heavy atom. The fourth-order valence-electron chi connectivity index (χ4n) is 1.46. The molecule has 0 unspecified atom stereocenters. The summed E-state index contributed by atoms with van der Waals surface area (Å²) in [7, 11) is 1.64. The molecule has 17 heavy (non-hydrogen) atoms. The summed E-state index contributed by atoms with van der Waals surface area (Å²) in [4.78, 5) is 2.94. The van der Waals surface area contributed by atoms with Crippen LogP contribution >= 0.6 is 12.2 Å². The van der Waals surface area contributed by atoms with Crippen molar-refractivity contribution in [2.24, 2.45) is 0 Å². The minimum atomic E-state index is 0.582. The Morgan fingerprint density at radius 3 is 2.53 bits per heavy atom. The molecule has 1 N–H and O–H groups in total. The lowest BCUT2D eigenvalue weighted by molar-refractivity contribution is 0.297. The summed E-state index contributed by atoms with van der Waals surface area (Å²) in [6, 6.07) is 7.51. The molecular weight excluding hydrogens is 236 g/mol. The first-order valence-corrected chi connectivity index (χ1v) is 5.71. The van der Waals surface area contributed by atoms with Crippen molar-refractivity contribution in [2.75, 3.05) is 13.7 Å². The van der Waals surface area contributed by atoms with Gasteiger partial charge in [0, 0.05) is 12.4 Å². The summed E-state index contributed by atoms with van der Waals surface area (Å²) in [6.07, 6.45) is 3.72. The third-order valence-electron chi connectivity index (χ3n) is 2.38. The van der Waals surface area contributed by atoms with Crippen LogP contribution in [0.5, 0.6) is 11.5 Å². The van der Waals surface area contributed by atoms with Gasteiger partial charge in [0.1, 0.15) is 18.1 Å². The Labute approximate surface area is 105 Å². The number of hydrogen-bond donors (Lipinski definition) is 1. The van der Waals surface area contributed by atoms with Gasteiger partial charge in [-0.1, -0.05) is 0 Å². The fourth-order valence-corrected chi connectivity index (χ4v) is 1.68. The molecule has 0 radical (unpaired) electrons. The second-order valence-corrected chi connectivity index (χ2v) is 3.87. The van der Waals surface area contributed by atoms with Crippen molar-refractivity contribution in [1.82, 2.24) is 9.55 Å². The van der Waals surface area contributed by atoms with Gasteiger partial charge in [-0.2, -0.15) is 0 Å². The molecule has 0 bridgehead atoms. The number of H-pyrrole nitrogens is 1. The molecule has 90 valence electrons. The van der Waals surface area contributed by atoms with Gasteiger partial charge in [-0.15, -0.1) is 0 Å². The molecule has 2 aromatic rings. The molecular formula is C12H14N2O2S. The molecule has 0 fully saturated rings. The lowest BCUT2D eigenvalue weighted by Gasteiger charge is -2.07. The number of nitrogens with one attached hydrogen (secondary N) is 1. The van der Waals surface area contributed by atoms with Gasteiger partial charge in [0.15, 0.2) is 4.77 Å². The number of benzene rings is 1. The zero-order chi connectivity index (χ0) is 12.1. The number of ether oxygens (including phenoxy) is 2. The van der Waals surface area contributed by atoms with E-state index in [0.717, 1.165) is 18.0 Å². The standard InChI is InChI=1S/C12H14N2O2S/c1-15-10-2-4-11(5-3-10)16-9-8-14-7-6-13-12(14)17/h2-7H,8-9H2,1H3,(H,13,17). The molecule has 1 heterocycles. The Morgan fingerprint density at radius 2 is 1.94 bits per heavy atom. The predicted molar refractivity (Wildman–Crippen MR) is 68.1 cm³/mol. The first-order valence-electron chi connectivity index (χ1n) is 5.30. The molecule has 0 atom stereocenters. The van der Waals surface area contributed by atoms with Gasteiger partial charge in [-0.25, -0.2) is 0 Å². The number of rotatable bonds is 5. The Balaban J connectivity index is 1.86. The Kier molecular flexibility index (Phi) is 3.82. The van der Waals surface area contributed by atoms with E-state index in [2.05, 4.69) is 4.98 Å². The first kappa shape index (κ1) is 11.7.